The van der Waals surface area contributed by atoms with Crippen LogP contribution in [-0.4, -0.2) is 24.6 Å². The SMILES string of the molecule is O=C(Nc1ccc2c(c1)OCO2)c1cccc(C(=O)NC2CCCCCC2)c1. The van der Waals surface area contributed by atoms with Gasteiger partial charge in [0.15, 0.2) is 11.5 Å². The molecule has 2 aromatic rings. The van der Waals surface area contributed by atoms with Gasteiger partial charge in [-0.2, -0.15) is 0 Å². The molecule has 1 saturated carbocycles. The van der Waals surface area contributed by atoms with E-state index >= 15 is 0 Å². The zero-order chi connectivity index (χ0) is 19.3. The van der Waals surface area contributed by atoms with Gasteiger partial charge in [-0.25, -0.2) is 0 Å². The Morgan fingerprint density at radius 1 is 0.821 bits per heavy atom. The quantitative estimate of drug-likeness (QED) is 0.783. The smallest absolute Gasteiger partial charge is 0.255 e. The molecule has 6 heteroatoms. The molecule has 1 aliphatic heterocycles. The Bertz CT molecular complexity index is 873. The van der Waals surface area contributed by atoms with E-state index in [4.69, 9.17) is 9.47 Å². The number of ether oxygens (including phenoxy) is 2. The number of fused-ring (bicyclic) bond motifs is 1. The van der Waals surface area contributed by atoms with E-state index in [0.717, 1.165) is 25.7 Å². The number of amides is 2. The minimum absolute atomic E-state index is 0.121. The summed E-state index contributed by atoms with van der Waals surface area (Å²) in [4.78, 5) is 25.2. The van der Waals surface area contributed by atoms with Crippen molar-refractivity contribution in [2.75, 3.05) is 12.1 Å². The van der Waals surface area contributed by atoms with Crippen molar-refractivity contribution in [1.82, 2.24) is 5.32 Å². The van der Waals surface area contributed by atoms with E-state index in [2.05, 4.69) is 10.6 Å². The highest BCUT2D eigenvalue weighted by molar-refractivity contribution is 6.06. The highest BCUT2D eigenvalue weighted by Gasteiger charge is 2.18. The fourth-order valence-electron chi connectivity index (χ4n) is 3.67. The number of hydrogen-bond donors (Lipinski definition) is 2. The van der Waals surface area contributed by atoms with Gasteiger partial charge in [0.2, 0.25) is 6.79 Å². The molecule has 2 aromatic carbocycles. The third-order valence-corrected chi connectivity index (χ3v) is 5.21. The van der Waals surface area contributed by atoms with Crippen LogP contribution in [0.25, 0.3) is 0 Å². The Balaban J connectivity index is 1.42. The number of hydrogen-bond acceptors (Lipinski definition) is 4. The predicted octanol–water partition coefficient (Wildman–Crippen LogP) is 4.12. The van der Waals surface area contributed by atoms with E-state index in [1.54, 1.807) is 42.5 Å². The molecule has 0 atom stereocenters. The molecule has 0 spiro atoms. The summed E-state index contributed by atoms with van der Waals surface area (Å²) in [5, 5.41) is 5.96. The first-order valence-electron chi connectivity index (χ1n) is 9.81. The third kappa shape index (κ3) is 4.27. The molecule has 0 unspecified atom stereocenters. The maximum absolute atomic E-state index is 12.6. The second-order valence-electron chi connectivity index (χ2n) is 7.26. The molecule has 146 valence electrons. The first-order valence-corrected chi connectivity index (χ1v) is 9.81. The van der Waals surface area contributed by atoms with Crippen LogP contribution in [0.5, 0.6) is 11.5 Å². The molecule has 6 nitrogen and oxygen atoms in total. The van der Waals surface area contributed by atoms with Crippen LogP contribution in [-0.2, 0) is 0 Å². The van der Waals surface area contributed by atoms with Gasteiger partial charge in [-0.1, -0.05) is 31.7 Å². The molecule has 0 saturated heterocycles. The first-order chi connectivity index (χ1) is 13.7. The molecule has 2 amide bonds. The molecule has 1 aliphatic carbocycles. The second kappa shape index (κ2) is 8.33. The summed E-state index contributed by atoms with van der Waals surface area (Å²) in [6, 6.07) is 12.3. The van der Waals surface area contributed by atoms with Gasteiger partial charge in [0.1, 0.15) is 0 Å². The van der Waals surface area contributed by atoms with Crippen LogP contribution in [0.4, 0.5) is 5.69 Å². The topological polar surface area (TPSA) is 76.7 Å². The standard InChI is InChI=1S/C22H24N2O4/c25-21(23-17-8-3-1-2-4-9-17)15-6-5-7-16(12-15)22(26)24-18-10-11-19-20(13-18)28-14-27-19/h5-7,10-13,17H,1-4,8-9,14H2,(H,23,25)(H,24,26). The number of rotatable bonds is 4. The van der Waals surface area contributed by atoms with E-state index in [1.165, 1.54) is 12.8 Å². The van der Waals surface area contributed by atoms with Gasteiger partial charge in [-0.05, 0) is 43.2 Å². The van der Waals surface area contributed by atoms with Crippen molar-refractivity contribution in [2.24, 2.45) is 0 Å². The molecule has 0 radical (unpaired) electrons. The normalized spacial score (nSPS) is 16.3. The zero-order valence-electron chi connectivity index (χ0n) is 15.7. The minimum Gasteiger partial charge on any atom is -0.454 e. The van der Waals surface area contributed by atoms with Crippen LogP contribution < -0.4 is 20.1 Å². The van der Waals surface area contributed by atoms with E-state index in [1.807, 2.05) is 0 Å². The molecular weight excluding hydrogens is 356 g/mol. The summed E-state index contributed by atoms with van der Waals surface area (Å²) in [5.74, 6) is 0.872. The van der Waals surface area contributed by atoms with Crippen LogP contribution >= 0.6 is 0 Å². The van der Waals surface area contributed by atoms with Crippen molar-refractivity contribution >= 4 is 17.5 Å². The molecule has 0 bridgehead atoms. The minimum atomic E-state index is -0.275. The average molecular weight is 380 g/mol. The summed E-state index contributed by atoms with van der Waals surface area (Å²) in [5.41, 5.74) is 1.55. The van der Waals surface area contributed by atoms with Gasteiger partial charge in [0.25, 0.3) is 11.8 Å². The van der Waals surface area contributed by atoms with E-state index in [9.17, 15) is 9.59 Å². The molecule has 2 aliphatic rings. The summed E-state index contributed by atoms with van der Waals surface area (Å²) in [6.07, 6.45) is 6.84. The van der Waals surface area contributed by atoms with Gasteiger partial charge in [0, 0.05) is 28.9 Å². The third-order valence-electron chi connectivity index (χ3n) is 5.21. The van der Waals surface area contributed by atoms with Gasteiger partial charge < -0.3 is 20.1 Å². The summed E-state index contributed by atoms with van der Waals surface area (Å²) in [6.45, 7) is 0.185. The van der Waals surface area contributed by atoms with Gasteiger partial charge in [-0.3, -0.25) is 9.59 Å². The number of nitrogens with one attached hydrogen (secondary N) is 2. The van der Waals surface area contributed by atoms with Gasteiger partial charge in [-0.15, -0.1) is 0 Å². The maximum atomic E-state index is 12.6. The van der Waals surface area contributed by atoms with Crippen molar-refractivity contribution in [3.05, 3.63) is 53.6 Å². The van der Waals surface area contributed by atoms with Crippen LogP contribution in [0.2, 0.25) is 0 Å². The van der Waals surface area contributed by atoms with Crippen molar-refractivity contribution < 1.29 is 19.1 Å². The van der Waals surface area contributed by atoms with Crippen LogP contribution in [0, 0.1) is 0 Å². The Hall–Kier alpha value is -3.02. The first kappa shape index (κ1) is 18.3. The van der Waals surface area contributed by atoms with E-state index < -0.39 is 0 Å². The Labute approximate surface area is 164 Å². The maximum Gasteiger partial charge on any atom is 0.255 e. The number of carbonyl (C=O) groups excluding carboxylic acids is 2. The van der Waals surface area contributed by atoms with Crippen LogP contribution in [0.15, 0.2) is 42.5 Å². The fourth-order valence-corrected chi connectivity index (χ4v) is 3.67. The average Bonchev–Trinajstić information content (AvgIpc) is 3.03. The second-order valence-corrected chi connectivity index (χ2v) is 7.26. The lowest BCUT2D eigenvalue weighted by molar-refractivity contribution is 0.0933. The summed E-state index contributed by atoms with van der Waals surface area (Å²) < 4.78 is 10.6. The van der Waals surface area contributed by atoms with E-state index in [-0.39, 0.29) is 24.6 Å². The number of anilines is 1. The van der Waals surface area contributed by atoms with Crippen molar-refractivity contribution in [2.45, 2.75) is 44.6 Å². The van der Waals surface area contributed by atoms with Crippen LogP contribution in [0.3, 0.4) is 0 Å². The molecule has 2 N–H and O–H groups in total. The molecule has 0 aromatic heterocycles. The molecule has 1 heterocycles. The largest absolute Gasteiger partial charge is 0.454 e. The van der Waals surface area contributed by atoms with Crippen LogP contribution in [0.1, 0.15) is 59.2 Å². The Kier molecular flexibility index (Phi) is 5.46. The number of carbonyl (C=O) groups is 2. The van der Waals surface area contributed by atoms with Crippen molar-refractivity contribution in [1.29, 1.82) is 0 Å². The highest BCUT2D eigenvalue weighted by atomic mass is 16.7. The molecule has 1 fully saturated rings. The lowest BCUT2D eigenvalue weighted by atomic mass is 10.1. The van der Waals surface area contributed by atoms with Gasteiger partial charge in [0.05, 0.1) is 0 Å². The Morgan fingerprint density at radius 2 is 1.54 bits per heavy atom. The molecule has 4 rings (SSSR count). The fraction of sp³-hybridized carbons (Fsp3) is 0.364. The zero-order valence-corrected chi connectivity index (χ0v) is 15.7. The lowest BCUT2D eigenvalue weighted by Crippen LogP contribution is -2.34. The van der Waals surface area contributed by atoms with E-state index in [0.29, 0.717) is 28.3 Å². The summed E-state index contributed by atoms with van der Waals surface area (Å²) in [7, 11) is 0. The molecule has 28 heavy (non-hydrogen) atoms. The van der Waals surface area contributed by atoms with Crippen molar-refractivity contribution in [3.63, 3.8) is 0 Å². The number of benzene rings is 2. The predicted molar refractivity (Wildman–Crippen MR) is 106 cm³/mol. The lowest BCUT2D eigenvalue weighted by Gasteiger charge is -2.16. The highest BCUT2D eigenvalue weighted by Crippen LogP contribution is 2.34. The monoisotopic (exact) mass is 380 g/mol. The summed E-state index contributed by atoms with van der Waals surface area (Å²) >= 11 is 0. The van der Waals surface area contributed by atoms with Crippen molar-refractivity contribution in [3.8, 4) is 11.5 Å². The molecular formula is C22H24N2O4. The van der Waals surface area contributed by atoms with Gasteiger partial charge >= 0.3 is 0 Å². The Morgan fingerprint density at radius 3 is 2.32 bits per heavy atom.